The molecule has 0 aliphatic rings. The Morgan fingerprint density at radius 3 is 2.20 bits per heavy atom. The molecule has 1 nitrogen and oxygen atoms in total. The number of rotatable bonds is 11. The van der Waals surface area contributed by atoms with E-state index in [4.69, 9.17) is 0 Å². The zero-order valence-electron chi connectivity index (χ0n) is 13.1. The molecule has 0 aromatic heterocycles. The number of hydrogen-bond donors (Lipinski definition) is 1. The Hall–Kier alpha value is -0.470. The lowest BCUT2D eigenvalue weighted by Crippen LogP contribution is -1.99. The first-order chi connectivity index (χ1) is 9.79. The van der Waals surface area contributed by atoms with Crippen LogP contribution in [-0.2, 0) is 0 Å². The van der Waals surface area contributed by atoms with Gasteiger partial charge < -0.3 is 5.11 Å². The Balaban J connectivity index is 2.15. The van der Waals surface area contributed by atoms with Crippen molar-refractivity contribution in [3.05, 3.63) is 29.8 Å². The first-order valence-electron chi connectivity index (χ1n) is 8.10. The van der Waals surface area contributed by atoms with E-state index in [9.17, 15) is 5.11 Å². The highest BCUT2D eigenvalue weighted by Gasteiger charge is 2.10. The van der Waals surface area contributed by atoms with Crippen LogP contribution < -0.4 is 0 Å². The van der Waals surface area contributed by atoms with Crippen LogP contribution in [0.2, 0.25) is 0 Å². The molecule has 0 fully saturated rings. The highest BCUT2D eigenvalue weighted by atomic mass is 32.2. The Kier molecular flexibility index (Phi) is 9.86. The highest BCUT2D eigenvalue weighted by Crippen LogP contribution is 2.28. The van der Waals surface area contributed by atoms with Crippen molar-refractivity contribution < 1.29 is 5.11 Å². The summed E-state index contributed by atoms with van der Waals surface area (Å²) in [7, 11) is 0. The molecule has 0 amide bonds. The molecule has 1 atom stereocenters. The first-order valence-corrected chi connectivity index (χ1v) is 9.33. The Bertz CT molecular complexity index is 351. The van der Waals surface area contributed by atoms with Crippen LogP contribution in [0.15, 0.2) is 29.2 Å². The van der Waals surface area contributed by atoms with Gasteiger partial charge in [0.2, 0.25) is 0 Å². The van der Waals surface area contributed by atoms with Crippen LogP contribution in [0.5, 0.6) is 0 Å². The van der Waals surface area contributed by atoms with Gasteiger partial charge in [-0.25, -0.2) is 0 Å². The quantitative estimate of drug-likeness (QED) is 0.400. The van der Waals surface area contributed by atoms with Crippen LogP contribution in [0, 0.1) is 0 Å². The van der Waals surface area contributed by atoms with Gasteiger partial charge in [-0.05, 0) is 24.3 Å². The van der Waals surface area contributed by atoms with Gasteiger partial charge in [-0.15, -0.1) is 11.8 Å². The fourth-order valence-corrected chi connectivity index (χ4v) is 3.22. The fraction of sp³-hybridized carbons (Fsp3) is 0.667. The van der Waals surface area contributed by atoms with Crippen LogP contribution in [0.3, 0.4) is 0 Å². The molecule has 1 N–H and O–H groups in total. The first kappa shape index (κ1) is 17.6. The second-order valence-electron chi connectivity index (χ2n) is 5.52. The molecule has 0 bridgehead atoms. The number of benzene rings is 1. The summed E-state index contributed by atoms with van der Waals surface area (Å²) in [5.74, 6) is 0. The molecular weight excluding hydrogens is 264 g/mol. The van der Waals surface area contributed by atoms with E-state index in [1.165, 1.54) is 49.8 Å². The van der Waals surface area contributed by atoms with Crippen molar-refractivity contribution in [2.75, 3.05) is 6.26 Å². The van der Waals surface area contributed by atoms with Crippen LogP contribution in [-0.4, -0.2) is 11.4 Å². The smallest absolute Gasteiger partial charge is 0.0800 e. The van der Waals surface area contributed by atoms with E-state index in [2.05, 4.69) is 25.3 Å². The van der Waals surface area contributed by atoms with Gasteiger partial charge in [0.25, 0.3) is 0 Å². The SMILES string of the molecule is CCCCCCCCCCC(O)c1ccccc1SC. The molecule has 1 aromatic carbocycles. The Morgan fingerprint density at radius 1 is 0.950 bits per heavy atom. The second-order valence-corrected chi connectivity index (χ2v) is 6.37. The fourth-order valence-electron chi connectivity index (χ4n) is 2.57. The van der Waals surface area contributed by atoms with Gasteiger partial charge in [0.1, 0.15) is 0 Å². The van der Waals surface area contributed by atoms with E-state index in [1.807, 2.05) is 12.1 Å². The van der Waals surface area contributed by atoms with E-state index in [1.54, 1.807) is 11.8 Å². The summed E-state index contributed by atoms with van der Waals surface area (Å²) >= 11 is 1.72. The third kappa shape index (κ3) is 6.81. The van der Waals surface area contributed by atoms with Crippen molar-refractivity contribution in [1.82, 2.24) is 0 Å². The lowest BCUT2D eigenvalue weighted by molar-refractivity contribution is 0.160. The van der Waals surface area contributed by atoms with Crippen LogP contribution in [0.4, 0.5) is 0 Å². The summed E-state index contributed by atoms with van der Waals surface area (Å²) in [5.41, 5.74) is 1.10. The van der Waals surface area contributed by atoms with Gasteiger partial charge in [-0.2, -0.15) is 0 Å². The lowest BCUT2D eigenvalue weighted by atomic mass is 10.0. The zero-order valence-corrected chi connectivity index (χ0v) is 13.9. The summed E-state index contributed by atoms with van der Waals surface area (Å²) in [4.78, 5) is 1.21. The standard InChI is InChI=1S/C18H30OS/c1-3-4-5-6-7-8-9-10-14-17(19)16-13-11-12-15-18(16)20-2/h11-13,15,17,19H,3-10,14H2,1-2H3. The van der Waals surface area contributed by atoms with Crippen molar-refractivity contribution >= 4 is 11.8 Å². The number of hydrogen-bond acceptors (Lipinski definition) is 2. The number of thioether (sulfide) groups is 1. The summed E-state index contributed by atoms with van der Waals surface area (Å²) in [6.45, 7) is 2.26. The third-order valence-corrected chi connectivity index (χ3v) is 4.64. The molecule has 0 aliphatic heterocycles. The van der Waals surface area contributed by atoms with E-state index in [0.717, 1.165) is 18.4 Å². The third-order valence-electron chi connectivity index (χ3n) is 3.83. The maximum Gasteiger partial charge on any atom is 0.0800 e. The van der Waals surface area contributed by atoms with E-state index in [0.29, 0.717) is 0 Å². The predicted octanol–water partition coefficient (Wildman–Crippen LogP) is 5.97. The van der Waals surface area contributed by atoms with Crippen molar-refractivity contribution in [2.45, 2.75) is 75.7 Å². The number of unbranched alkanes of at least 4 members (excludes halogenated alkanes) is 7. The van der Waals surface area contributed by atoms with Gasteiger partial charge in [0.15, 0.2) is 0 Å². The highest BCUT2D eigenvalue weighted by molar-refractivity contribution is 7.98. The van der Waals surface area contributed by atoms with Crippen LogP contribution in [0.1, 0.15) is 76.4 Å². The monoisotopic (exact) mass is 294 g/mol. The van der Waals surface area contributed by atoms with E-state index in [-0.39, 0.29) is 6.10 Å². The van der Waals surface area contributed by atoms with E-state index >= 15 is 0 Å². The molecule has 0 heterocycles. The van der Waals surface area contributed by atoms with Gasteiger partial charge in [0, 0.05) is 4.90 Å². The minimum atomic E-state index is -0.293. The molecule has 0 saturated carbocycles. The molecule has 0 radical (unpaired) electrons. The summed E-state index contributed by atoms with van der Waals surface area (Å²) in [6.07, 6.45) is 13.2. The van der Waals surface area contributed by atoms with E-state index < -0.39 is 0 Å². The molecule has 1 unspecified atom stereocenters. The number of aliphatic hydroxyl groups excluding tert-OH is 1. The predicted molar refractivity (Wildman–Crippen MR) is 90.4 cm³/mol. The average Bonchev–Trinajstić information content (AvgIpc) is 2.49. The summed E-state index contributed by atoms with van der Waals surface area (Å²) in [5, 5.41) is 10.3. The van der Waals surface area contributed by atoms with Gasteiger partial charge >= 0.3 is 0 Å². The normalized spacial score (nSPS) is 12.6. The molecule has 1 rings (SSSR count). The zero-order chi connectivity index (χ0) is 14.6. The molecule has 0 spiro atoms. The van der Waals surface area contributed by atoms with Gasteiger partial charge in [-0.1, -0.05) is 76.5 Å². The largest absolute Gasteiger partial charge is 0.388 e. The molecule has 2 heteroatoms. The average molecular weight is 295 g/mol. The molecule has 1 aromatic rings. The molecular formula is C18H30OS. The van der Waals surface area contributed by atoms with Crippen molar-refractivity contribution in [3.63, 3.8) is 0 Å². The summed E-state index contributed by atoms with van der Waals surface area (Å²) in [6, 6.07) is 8.21. The van der Waals surface area contributed by atoms with Crippen LogP contribution >= 0.6 is 11.8 Å². The van der Waals surface area contributed by atoms with Gasteiger partial charge in [-0.3, -0.25) is 0 Å². The molecule has 20 heavy (non-hydrogen) atoms. The number of aliphatic hydroxyl groups is 1. The van der Waals surface area contributed by atoms with Gasteiger partial charge in [0.05, 0.1) is 6.10 Å². The summed E-state index contributed by atoms with van der Waals surface area (Å²) < 4.78 is 0. The topological polar surface area (TPSA) is 20.2 Å². The Morgan fingerprint density at radius 2 is 1.55 bits per heavy atom. The second kappa shape index (κ2) is 11.2. The van der Waals surface area contributed by atoms with Crippen LogP contribution in [0.25, 0.3) is 0 Å². The Labute approximate surface area is 129 Å². The van der Waals surface area contributed by atoms with Crippen molar-refractivity contribution in [2.24, 2.45) is 0 Å². The minimum absolute atomic E-state index is 0.293. The van der Waals surface area contributed by atoms with Crippen molar-refractivity contribution in [1.29, 1.82) is 0 Å². The molecule has 0 saturated heterocycles. The van der Waals surface area contributed by atoms with Crippen molar-refractivity contribution in [3.8, 4) is 0 Å². The maximum absolute atomic E-state index is 10.3. The lowest BCUT2D eigenvalue weighted by Gasteiger charge is -2.14. The minimum Gasteiger partial charge on any atom is -0.388 e. The molecule has 0 aliphatic carbocycles. The maximum atomic E-state index is 10.3. The molecule has 114 valence electrons.